The van der Waals surface area contributed by atoms with E-state index in [4.69, 9.17) is 4.74 Å². The van der Waals surface area contributed by atoms with Gasteiger partial charge in [0, 0.05) is 16.7 Å². The number of ether oxygens (including phenoxy) is 1. The van der Waals surface area contributed by atoms with Crippen LogP contribution in [0.15, 0.2) is 48.5 Å². The number of hydrogen-bond donors (Lipinski definition) is 0. The zero-order chi connectivity index (χ0) is 18.7. The Bertz CT molecular complexity index is 890. The Morgan fingerprint density at radius 2 is 1.58 bits per heavy atom. The molecule has 2 atom stereocenters. The highest BCUT2D eigenvalue weighted by Crippen LogP contribution is 2.28. The number of rotatable bonds is 7. The standard InChI is InChI=1S/C21H23NO4/c1-3-15(20(23)24)12-14(2)21(25)26-13-22-18-10-6-4-8-16(18)17-9-5-7-11-19(17)22/h4-11,14-15H,3,12-13H2,1-2H3,(H,23,24)/p-1. The molecule has 0 saturated heterocycles. The minimum atomic E-state index is -1.12. The van der Waals surface area contributed by atoms with Gasteiger partial charge >= 0.3 is 5.97 Å². The molecule has 0 amide bonds. The maximum absolute atomic E-state index is 12.3. The number of hydrogen-bond acceptors (Lipinski definition) is 4. The normalized spacial score (nSPS) is 13.6. The van der Waals surface area contributed by atoms with E-state index in [-0.39, 0.29) is 13.2 Å². The zero-order valence-electron chi connectivity index (χ0n) is 15.0. The number of carboxylic acid groups (broad SMARTS) is 1. The van der Waals surface area contributed by atoms with Crippen LogP contribution in [0.25, 0.3) is 21.8 Å². The molecule has 0 saturated carbocycles. The third kappa shape index (κ3) is 3.43. The summed E-state index contributed by atoms with van der Waals surface area (Å²) in [4.78, 5) is 23.4. The fourth-order valence-electron chi connectivity index (χ4n) is 3.37. The van der Waals surface area contributed by atoms with E-state index < -0.39 is 23.8 Å². The fraction of sp³-hybridized carbons (Fsp3) is 0.333. The first-order valence-electron chi connectivity index (χ1n) is 8.86. The highest BCUT2D eigenvalue weighted by Gasteiger charge is 2.20. The molecule has 3 aromatic rings. The summed E-state index contributed by atoms with van der Waals surface area (Å²) in [7, 11) is 0. The van der Waals surface area contributed by atoms with Crippen LogP contribution in [0.1, 0.15) is 26.7 Å². The highest BCUT2D eigenvalue weighted by atomic mass is 16.5. The molecule has 2 aromatic carbocycles. The highest BCUT2D eigenvalue weighted by molar-refractivity contribution is 6.07. The van der Waals surface area contributed by atoms with Gasteiger partial charge in [-0.05, 0) is 30.9 Å². The first kappa shape index (κ1) is 18.0. The van der Waals surface area contributed by atoms with Gasteiger partial charge in [0.2, 0.25) is 0 Å². The summed E-state index contributed by atoms with van der Waals surface area (Å²) in [5.74, 6) is -2.64. The van der Waals surface area contributed by atoms with Gasteiger partial charge in [-0.15, -0.1) is 0 Å². The van der Waals surface area contributed by atoms with Gasteiger partial charge in [0.25, 0.3) is 0 Å². The summed E-state index contributed by atoms with van der Waals surface area (Å²) in [5.41, 5.74) is 1.99. The summed E-state index contributed by atoms with van der Waals surface area (Å²) in [6.45, 7) is 3.57. The summed E-state index contributed by atoms with van der Waals surface area (Å²) in [5, 5.41) is 13.3. The maximum Gasteiger partial charge on any atom is 0.310 e. The lowest BCUT2D eigenvalue weighted by Gasteiger charge is -2.20. The van der Waals surface area contributed by atoms with Gasteiger partial charge in [0.1, 0.15) is 0 Å². The van der Waals surface area contributed by atoms with E-state index in [1.165, 1.54) is 0 Å². The Balaban J connectivity index is 1.79. The van der Waals surface area contributed by atoms with Crippen molar-refractivity contribution < 1.29 is 19.4 Å². The summed E-state index contributed by atoms with van der Waals surface area (Å²) in [6.07, 6.45) is 0.664. The van der Waals surface area contributed by atoms with E-state index in [9.17, 15) is 14.7 Å². The van der Waals surface area contributed by atoms with Crippen LogP contribution in [0, 0.1) is 11.8 Å². The number of aliphatic carboxylic acids is 1. The second-order valence-corrected chi connectivity index (χ2v) is 6.62. The summed E-state index contributed by atoms with van der Waals surface area (Å²) in [6, 6.07) is 16.0. The molecule has 0 fully saturated rings. The second-order valence-electron chi connectivity index (χ2n) is 6.62. The van der Waals surface area contributed by atoms with Gasteiger partial charge < -0.3 is 19.2 Å². The van der Waals surface area contributed by atoms with Crippen LogP contribution in [0.2, 0.25) is 0 Å². The van der Waals surface area contributed by atoms with Crippen LogP contribution < -0.4 is 5.11 Å². The average Bonchev–Trinajstić information content (AvgIpc) is 2.97. The van der Waals surface area contributed by atoms with Crippen molar-refractivity contribution in [2.45, 2.75) is 33.4 Å². The molecule has 0 aliphatic carbocycles. The molecular weight excluding hydrogens is 330 g/mol. The molecule has 0 aliphatic rings. The molecular formula is C21H22NO4-. The lowest BCUT2D eigenvalue weighted by Crippen LogP contribution is -2.33. The minimum absolute atomic E-state index is 0.0965. The van der Waals surface area contributed by atoms with Crippen molar-refractivity contribution >= 4 is 33.7 Å². The summed E-state index contributed by atoms with van der Waals surface area (Å²) >= 11 is 0. The Kier molecular flexibility index (Phi) is 5.26. The second kappa shape index (κ2) is 7.60. The lowest BCUT2D eigenvalue weighted by atomic mass is 9.94. The largest absolute Gasteiger partial charge is 0.550 e. The molecule has 0 N–H and O–H groups in total. The number of carbonyl (C=O) groups is 2. The van der Waals surface area contributed by atoms with Crippen LogP contribution in [0.3, 0.4) is 0 Å². The number of carboxylic acids is 1. The third-order valence-corrected chi connectivity index (χ3v) is 4.88. The molecule has 1 heterocycles. The van der Waals surface area contributed by atoms with Crippen molar-refractivity contribution in [2.24, 2.45) is 11.8 Å². The Morgan fingerprint density at radius 1 is 1.04 bits per heavy atom. The average molecular weight is 352 g/mol. The molecule has 2 unspecified atom stereocenters. The lowest BCUT2D eigenvalue weighted by molar-refractivity contribution is -0.312. The molecule has 0 spiro atoms. The van der Waals surface area contributed by atoms with Gasteiger partial charge in [-0.25, -0.2) is 0 Å². The number of para-hydroxylation sites is 2. The molecule has 5 nitrogen and oxygen atoms in total. The topological polar surface area (TPSA) is 71.4 Å². The number of aromatic nitrogens is 1. The SMILES string of the molecule is CCC(CC(C)C(=O)OCn1c2ccccc2c2ccccc21)C(=O)[O-]. The van der Waals surface area contributed by atoms with Crippen molar-refractivity contribution in [3.63, 3.8) is 0 Å². The van der Waals surface area contributed by atoms with E-state index in [0.29, 0.717) is 6.42 Å². The predicted molar refractivity (Wildman–Crippen MR) is 98.1 cm³/mol. The number of carbonyl (C=O) groups excluding carboxylic acids is 2. The van der Waals surface area contributed by atoms with E-state index >= 15 is 0 Å². The predicted octanol–water partition coefficient (Wildman–Crippen LogP) is 3.10. The molecule has 1 aromatic heterocycles. The van der Waals surface area contributed by atoms with Crippen LogP contribution in [-0.4, -0.2) is 16.5 Å². The van der Waals surface area contributed by atoms with Crippen LogP contribution in [-0.2, 0) is 21.1 Å². The monoisotopic (exact) mass is 352 g/mol. The quantitative estimate of drug-likeness (QED) is 0.613. The minimum Gasteiger partial charge on any atom is -0.550 e. The van der Waals surface area contributed by atoms with E-state index in [2.05, 4.69) is 0 Å². The Hall–Kier alpha value is -2.82. The van der Waals surface area contributed by atoms with Crippen molar-refractivity contribution in [1.82, 2.24) is 4.57 Å². The van der Waals surface area contributed by atoms with Crippen molar-refractivity contribution in [2.75, 3.05) is 0 Å². The van der Waals surface area contributed by atoms with Gasteiger partial charge in [-0.2, -0.15) is 0 Å². The van der Waals surface area contributed by atoms with E-state index in [1.54, 1.807) is 13.8 Å². The molecule has 26 heavy (non-hydrogen) atoms. The number of fused-ring (bicyclic) bond motifs is 3. The third-order valence-electron chi connectivity index (χ3n) is 4.88. The van der Waals surface area contributed by atoms with Crippen molar-refractivity contribution in [1.29, 1.82) is 0 Å². The Labute approximate surface area is 152 Å². The number of benzene rings is 2. The first-order valence-corrected chi connectivity index (χ1v) is 8.86. The van der Waals surface area contributed by atoms with Gasteiger partial charge in [0.05, 0.1) is 17.0 Å². The van der Waals surface area contributed by atoms with Gasteiger partial charge in [0.15, 0.2) is 6.73 Å². The zero-order valence-corrected chi connectivity index (χ0v) is 15.0. The van der Waals surface area contributed by atoms with Crippen molar-refractivity contribution in [3.8, 4) is 0 Å². The maximum atomic E-state index is 12.3. The van der Waals surface area contributed by atoms with Crippen LogP contribution >= 0.6 is 0 Å². The Morgan fingerprint density at radius 3 is 2.08 bits per heavy atom. The number of esters is 1. The van der Waals surface area contributed by atoms with Crippen molar-refractivity contribution in [3.05, 3.63) is 48.5 Å². The fourth-order valence-corrected chi connectivity index (χ4v) is 3.37. The molecule has 0 aliphatic heterocycles. The van der Waals surface area contributed by atoms with E-state index in [1.807, 2.05) is 53.1 Å². The van der Waals surface area contributed by atoms with Gasteiger partial charge in [-0.1, -0.05) is 50.2 Å². The van der Waals surface area contributed by atoms with E-state index in [0.717, 1.165) is 21.8 Å². The van der Waals surface area contributed by atoms with Crippen LogP contribution in [0.5, 0.6) is 0 Å². The van der Waals surface area contributed by atoms with Gasteiger partial charge in [-0.3, -0.25) is 4.79 Å². The summed E-state index contributed by atoms with van der Waals surface area (Å²) < 4.78 is 7.46. The molecule has 5 heteroatoms. The molecule has 0 radical (unpaired) electrons. The first-order chi connectivity index (χ1) is 12.5. The number of nitrogens with zero attached hydrogens (tertiary/aromatic N) is 1. The smallest absolute Gasteiger partial charge is 0.310 e. The van der Waals surface area contributed by atoms with Crippen LogP contribution in [0.4, 0.5) is 0 Å². The molecule has 136 valence electrons. The molecule has 0 bridgehead atoms. The molecule has 3 rings (SSSR count).